The molecule has 3 heterocycles. The minimum absolute atomic E-state index is 0.0235. The van der Waals surface area contributed by atoms with Gasteiger partial charge in [-0.15, -0.1) is 0 Å². The molecule has 2 N–H and O–H groups in total. The summed E-state index contributed by atoms with van der Waals surface area (Å²) in [6.07, 6.45) is -2.19. The summed E-state index contributed by atoms with van der Waals surface area (Å²) < 4.78 is 62.4. The Morgan fingerprint density at radius 3 is 2.66 bits per heavy atom. The average Bonchev–Trinajstić information content (AvgIpc) is 3.23. The van der Waals surface area contributed by atoms with Gasteiger partial charge in [-0.2, -0.15) is 0 Å². The number of nitrogens with zero attached hydrogens (tertiary/aromatic N) is 2. The number of alkyl halides is 1. The molecule has 0 bridgehead atoms. The number of anilines is 1. The lowest BCUT2D eigenvalue weighted by Gasteiger charge is -2.30. The lowest BCUT2D eigenvalue weighted by molar-refractivity contribution is -0.000290. The lowest BCUT2D eigenvalue weighted by atomic mass is 9.91. The van der Waals surface area contributed by atoms with E-state index in [4.69, 9.17) is 14.6 Å². The van der Waals surface area contributed by atoms with Gasteiger partial charge < -0.3 is 34.1 Å². The van der Waals surface area contributed by atoms with Crippen LogP contribution in [0.15, 0.2) is 17.1 Å². The van der Waals surface area contributed by atoms with Crippen LogP contribution in [-0.4, -0.2) is 65.5 Å². The zero-order valence-electron chi connectivity index (χ0n) is 21.1. The molecule has 2 saturated heterocycles. The number of halogens is 3. The van der Waals surface area contributed by atoms with E-state index in [-0.39, 0.29) is 37.5 Å². The molecule has 2 aliphatic heterocycles. The van der Waals surface area contributed by atoms with Gasteiger partial charge in [-0.3, -0.25) is 4.79 Å². The summed E-state index contributed by atoms with van der Waals surface area (Å²) in [6, 6.07) is -0.0370. The second-order valence-corrected chi connectivity index (χ2v) is 11.0. The molecule has 2 unspecified atom stereocenters. The van der Waals surface area contributed by atoms with E-state index < -0.39 is 69.6 Å². The number of benzene rings is 1. The van der Waals surface area contributed by atoms with Crippen molar-refractivity contribution in [2.45, 2.75) is 57.0 Å². The topological polar surface area (TPSA) is 119 Å². The maximum atomic E-state index is 16.1. The van der Waals surface area contributed by atoms with Gasteiger partial charge in [0.15, 0.2) is 11.6 Å². The minimum atomic E-state index is -1.79. The third-order valence-electron chi connectivity index (χ3n) is 7.13. The van der Waals surface area contributed by atoms with Crippen molar-refractivity contribution in [3.05, 3.63) is 34.1 Å². The predicted molar refractivity (Wildman–Crippen MR) is 129 cm³/mol. The van der Waals surface area contributed by atoms with Crippen molar-refractivity contribution in [2.24, 2.45) is 5.92 Å². The maximum absolute atomic E-state index is 16.1. The smallest absolute Gasteiger partial charge is 0.449 e. The van der Waals surface area contributed by atoms with E-state index in [1.54, 1.807) is 20.8 Å². The monoisotopic (exact) mass is 539 g/mol. The van der Waals surface area contributed by atoms with Crippen LogP contribution in [0.2, 0.25) is 0 Å². The Hall–Kier alpha value is -3.48. The van der Waals surface area contributed by atoms with E-state index in [1.807, 2.05) is 0 Å². The van der Waals surface area contributed by atoms with Gasteiger partial charge in [-0.25, -0.2) is 22.8 Å². The van der Waals surface area contributed by atoms with Crippen molar-refractivity contribution >= 4 is 28.8 Å². The van der Waals surface area contributed by atoms with Crippen LogP contribution in [0, 0.1) is 17.6 Å². The Morgan fingerprint density at radius 1 is 1.32 bits per heavy atom. The highest BCUT2D eigenvalue weighted by atomic mass is 19.1. The van der Waals surface area contributed by atoms with E-state index in [2.05, 4.69) is 10.1 Å². The van der Waals surface area contributed by atoms with Crippen molar-refractivity contribution in [3.63, 3.8) is 0 Å². The molecule has 13 heteroatoms. The highest BCUT2D eigenvalue weighted by molar-refractivity contribution is 5.86. The Bertz CT molecular complexity index is 1370. The molecule has 1 aromatic heterocycles. The molecule has 0 spiro atoms. The van der Waals surface area contributed by atoms with Crippen LogP contribution < -0.4 is 20.4 Å². The average molecular weight is 540 g/mol. The second kappa shape index (κ2) is 9.07. The van der Waals surface area contributed by atoms with Crippen LogP contribution in [0.1, 0.15) is 39.7 Å². The molecule has 10 nitrogen and oxygen atoms in total. The van der Waals surface area contributed by atoms with Crippen LogP contribution in [0.3, 0.4) is 0 Å². The normalized spacial score (nSPS) is 26.4. The van der Waals surface area contributed by atoms with Crippen molar-refractivity contribution < 1.29 is 42.1 Å². The number of rotatable bonds is 5. The van der Waals surface area contributed by atoms with Crippen LogP contribution in [0.4, 0.5) is 28.4 Å². The Labute approximate surface area is 215 Å². The Morgan fingerprint density at radius 2 is 2.03 bits per heavy atom. The van der Waals surface area contributed by atoms with Crippen molar-refractivity contribution in [3.8, 4) is 5.75 Å². The first-order chi connectivity index (χ1) is 17.8. The Balaban J connectivity index is 1.51. The van der Waals surface area contributed by atoms with Crippen molar-refractivity contribution in [1.82, 2.24) is 9.88 Å². The molecular formula is C25H28F3N3O7. The summed E-state index contributed by atoms with van der Waals surface area (Å²) in [4.78, 5) is 37.5. The molecule has 206 valence electrons. The number of carbonyl (C=O) groups excluding carboxylic acids is 1. The number of amides is 1. The fraction of sp³-hybridized carbons (Fsp3) is 0.560. The Kier molecular flexibility index (Phi) is 6.24. The quantitative estimate of drug-likeness (QED) is 0.552. The molecule has 1 amide bonds. The number of hydrogen-bond acceptors (Lipinski definition) is 7. The largest absolute Gasteiger partial charge is 0.511 e. The van der Waals surface area contributed by atoms with Gasteiger partial charge in [-0.1, -0.05) is 0 Å². The van der Waals surface area contributed by atoms with E-state index in [0.717, 1.165) is 16.8 Å². The fourth-order valence-corrected chi connectivity index (χ4v) is 5.39. The number of fused-ring (bicyclic) bond motifs is 2. The van der Waals surface area contributed by atoms with E-state index in [1.165, 1.54) is 4.90 Å². The molecule has 0 radical (unpaired) electrons. The summed E-state index contributed by atoms with van der Waals surface area (Å²) in [5.41, 5.74) is -3.40. The minimum Gasteiger partial charge on any atom is -0.449 e. The summed E-state index contributed by atoms with van der Waals surface area (Å²) in [5.74, 6) is -2.95. The first kappa shape index (κ1) is 26.1. The number of carbonyl (C=O) groups is 2. The highest BCUT2D eigenvalue weighted by Gasteiger charge is 2.52. The number of carboxylic acid groups (broad SMARTS) is 1. The molecule has 5 rings (SSSR count). The second-order valence-electron chi connectivity index (χ2n) is 11.0. The van der Waals surface area contributed by atoms with Crippen LogP contribution >= 0.6 is 0 Å². The molecule has 2 aromatic rings. The van der Waals surface area contributed by atoms with Gasteiger partial charge in [0.25, 0.3) is 0 Å². The van der Waals surface area contributed by atoms with Gasteiger partial charge >= 0.3 is 12.2 Å². The summed E-state index contributed by atoms with van der Waals surface area (Å²) >= 11 is 0. The van der Waals surface area contributed by atoms with Gasteiger partial charge in [-0.05, 0) is 33.3 Å². The number of nitrogens with one attached hydrogen (secondary N) is 1. The number of hydrogen-bond donors (Lipinski definition) is 2. The molecular weight excluding hydrogens is 511 g/mol. The van der Waals surface area contributed by atoms with E-state index >= 15 is 8.78 Å². The van der Waals surface area contributed by atoms with Crippen molar-refractivity contribution in [1.29, 1.82) is 0 Å². The zero-order chi connectivity index (χ0) is 27.6. The lowest BCUT2D eigenvalue weighted by Crippen LogP contribution is -2.49. The number of alkyl carbamates (subject to hydrolysis) is 1. The van der Waals surface area contributed by atoms with Gasteiger partial charge in [0, 0.05) is 32.0 Å². The van der Waals surface area contributed by atoms with Crippen LogP contribution in [0.5, 0.6) is 5.75 Å². The molecule has 3 fully saturated rings. The first-order valence-electron chi connectivity index (χ1n) is 12.3. The third kappa shape index (κ3) is 4.63. The third-order valence-corrected chi connectivity index (χ3v) is 7.13. The predicted octanol–water partition coefficient (Wildman–Crippen LogP) is 3.74. The molecule has 1 aromatic carbocycles. The van der Waals surface area contributed by atoms with E-state index in [9.17, 15) is 18.8 Å². The maximum Gasteiger partial charge on any atom is 0.511 e. The first-order valence-corrected chi connectivity index (χ1v) is 12.3. The fourth-order valence-electron chi connectivity index (χ4n) is 5.39. The molecule has 1 saturated carbocycles. The summed E-state index contributed by atoms with van der Waals surface area (Å²) in [7, 11) is 0. The van der Waals surface area contributed by atoms with Crippen LogP contribution in [0.25, 0.3) is 10.9 Å². The van der Waals surface area contributed by atoms with Gasteiger partial charge in [0.1, 0.15) is 28.9 Å². The molecule has 38 heavy (non-hydrogen) atoms. The zero-order valence-corrected chi connectivity index (χ0v) is 21.1. The van der Waals surface area contributed by atoms with Crippen LogP contribution in [-0.2, 0) is 9.47 Å². The standard InChI is InChI=1S/C25H28F3N3O7/c1-24(2,3)38-22(33)29-10-25-11-30(8-12(25)4-5-36-25)20-15(27)6-13-19(18(20)28)31(16-7-14(16)26)9-17(21(13)32)37-23(34)35/h6,9,12,14,16H,4-5,7-8,10-11H2,1-3H3,(H,29,33)(H,34,35)/t12?,14-,16+,25?/m0/s1. The highest BCUT2D eigenvalue weighted by Crippen LogP contribution is 2.45. The SMILES string of the molecule is CC(C)(C)OC(=O)NCC12CN(c3c(F)cc4c(=O)c(OC(=O)O)cn([C@@H]5C[C@@H]5F)c4c3F)CC1CCO2. The molecule has 4 atom stereocenters. The van der Waals surface area contributed by atoms with Crippen molar-refractivity contribution in [2.75, 3.05) is 31.1 Å². The van der Waals surface area contributed by atoms with E-state index in [0.29, 0.717) is 13.0 Å². The summed E-state index contributed by atoms with van der Waals surface area (Å²) in [5, 5.41) is 11.2. The number of aromatic nitrogens is 1. The number of ether oxygens (including phenoxy) is 3. The number of pyridine rings is 1. The van der Waals surface area contributed by atoms with Gasteiger partial charge in [0.05, 0.1) is 29.7 Å². The molecule has 3 aliphatic rings. The summed E-state index contributed by atoms with van der Waals surface area (Å²) in [6.45, 7) is 5.93. The van der Waals surface area contributed by atoms with Gasteiger partial charge in [0.2, 0.25) is 5.43 Å². The molecule has 1 aliphatic carbocycles.